The predicted molar refractivity (Wildman–Crippen MR) is 87.7 cm³/mol. The van der Waals surface area contributed by atoms with E-state index in [1.165, 1.54) is 38.5 Å². The minimum absolute atomic E-state index is 0.0912. The lowest BCUT2D eigenvalue weighted by molar-refractivity contribution is 0.178. The Labute approximate surface area is 134 Å². The number of hydrogen-bond donors (Lipinski definition) is 0. The van der Waals surface area contributed by atoms with Gasteiger partial charge in [-0.15, -0.1) is 0 Å². The van der Waals surface area contributed by atoms with Gasteiger partial charge in [-0.2, -0.15) is 0 Å². The number of alkyl halides is 3. The van der Waals surface area contributed by atoms with Crippen LogP contribution in [0.15, 0.2) is 0 Å². The van der Waals surface area contributed by atoms with Gasteiger partial charge >= 0.3 is 8.56 Å². The summed E-state index contributed by atoms with van der Waals surface area (Å²) in [5, 5.41) is 0. The molecule has 0 aromatic carbocycles. The van der Waals surface area contributed by atoms with E-state index in [1.54, 1.807) is 0 Å². The van der Waals surface area contributed by atoms with Gasteiger partial charge in [0.1, 0.15) is 0 Å². The van der Waals surface area contributed by atoms with Crippen molar-refractivity contribution >= 4 is 43.4 Å². The normalized spacial score (nSPS) is 12.9. The number of halogens is 3. The maximum atomic E-state index is 5.79. The lowest BCUT2D eigenvalue weighted by atomic mass is 10.1. The molecule has 0 saturated heterocycles. The van der Waals surface area contributed by atoms with Crippen molar-refractivity contribution < 1.29 is 8.85 Å². The molecule has 0 unspecified atom stereocenters. The molecule has 116 valence electrons. The molecule has 0 spiro atoms. The first-order valence-corrected chi connectivity index (χ1v) is 11.1. The van der Waals surface area contributed by atoms with Crippen LogP contribution in [0.4, 0.5) is 0 Å². The molecule has 0 aromatic rings. The molecule has 0 aromatic heterocycles. The molecule has 0 N–H and O–H groups in total. The first-order chi connectivity index (χ1) is 8.77. The summed E-state index contributed by atoms with van der Waals surface area (Å²) in [6, 6.07) is 0. The molecule has 0 saturated carbocycles. The smallest absolute Gasteiger partial charge is 0.331 e. The zero-order valence-corrected chi connectivity index (χ0v) is 15.6. The first kappa shape index (κ1) is 20.0. The second-order valence-corrected chi connectivity index (χ2v) is 11.2. The van der Waals surface area contributed by atoms with Crippen LogP contribution in [0.3, 0.4) is 0 Å². The van der Waals surface area contributed by atoms with Crippen molar-refractivity contribution in [2.24, 2.45) is 0 Å². The average Bonchev–Trinajstić information content (AvgIpc) is 2.29. The van der Waals surface area contributed by atoms with Gasteiger partial charge in [-0.3, -0.25) is 0 Å². The van der Waals surface area contributed by atoms with E-state index in [0.29, 0.717) is 0 Å². The molecule has 0 aliphatic rings. The maximum Gasteiger partial charge on any atom is 0.331 e. The van der Waals surface area contributed by atoms with Crippen LogP contribution < -0.4 is 0 Å². The summed E-state index contributed by atoms with van der Waals surface area (Å²) in [7, 11) is -2.15. The van der Waals surface area contributed by atoms with Crippen LogP contribution in [-0.4, -0.2) is 25.6 Å². The van der Waals surface area contributed by atoms with E-state index in [2.05, 4.69) is 6.92 Å². The van der Waals surface area contributed by atoms with E-state index in [4.69, 9.17) is 43.7 Å². The van der Waals surface area contributed by atoms with Crippen molar-refractivity contribution in [3.05, 3.63) is 0 Å². The van der Waals surface area contributed by atoms with Crippen LogP contribution in [0, 0.1) is 0 Å². The van der Waals surface area contributed by atoms with E-state index in [0.717, 1.165) is 13.0 Å². The summed E-state index contributed by atoms with van der Waals surface area (Å²) in [4.78, 5) is 0. The van der Waals surface area contributed by atoms with Crippen molar-refractivity contribution in [2.75, 3.05) is 13.2 Å². The fourth-order valence-corrected chi connectivity index (χ4v) is 3.40. The summed E-state index contributed by atoms with van der Waals surface area (Å²) >= 11 is 17.0. The lowest BCUT2D eigenvalue weighted by Crippen LogP contribution is -2.38. The lowest BCUT2D eigenvalue weighted by Gasteiger charge is -2.25. The van der Waals surface area contributed by atoms with E-state index in [-0.39, 0.29) is 6.61 Å². The summed E-state index contributed by atoms with van der Waals surface area (Å²) in [5.41, 5.74) is 0. The molecule has 0 radical (unpaired) electrons. The van der Waals surface area contributed by atoms with Crippen molar-refractivity contribution in [3.63, 3.8) is 0 Å². The fraction of sp³-hybridized carbons (Fsp3) is 1.00. The minimum Gasteiger partial charge on any atom is -0.395 e. The van der Waals surface area contributed by atoms with Gasteiger partial charge in [0.2, 0.25) is 3.79 Å². The molecule has 2 nitrogen and oxygen atoms in total. The zero-order valence-electron chi connectivity index (χ0n) is 12.3. The van der Waals surface area contributed by atoms with Gasteiger partial charge in [0, 0.05) is 6.61 Å². The monoisotopic (exact) mass is 348 g/mol. The van der Waals surface area contributed by atoms with Crippen LogP contribution in [0.25, 0.3) is 0 Å². The van der Waals surface area contributed by atoms with E-state index < -0.39 is 12.4 Å². The third-order valence-corrected chi connectivity index (χ3v) is 4.85. The highest BCUT2D eigenvalue weighted by Crippen LogP contribution is 2.27. The molecule has 0 fully saturated rings. The Bertz CT molecular complexity index is 220. The second kappa shape index (κ2) is 10.7. The quantitative estimate of drug-likeness (QED) is 0.265. The molecule has 6 heteroatoms. The van der Waals surface area contributed by atoms with Crippen LogP contribution in [-0.2, 0) is 8.85 Å². The highest BCUT2D eigenvalue weighted by atomic mass is 35.6. The fourth-order valence-electron chi connectivity index (χ4n) is 1.67. The Hall–Kier alpha value is 1.01. The molecule has 0 amide bonds. The molecule has 0 atom stereocenters. The number of hydrogen-bond acceptors (Lipinski definition) is 2. The van der Waals surface area contributed by atoms with Gasteiger partial charge in [-0.25, -0.2) is 0 Å². The SMILES string of the molecule is CCCCCCCCCO[Si](C)(C)OCC(Cl)(Cl)Cl. The Morgan fingerprint density at radius 3 is 1.89 bits per heavy atom. The van der Waals surface area contributed by atoms with Gasteiger partial charge in [0.05, 0.1) is 6.61 Å². The number of rotatable bonds is 11. The second-order valence-electron chi connectivity index (χ2n) is 5.27. The summed E-state index contributed by atoms with van der Waals surface area (Å²) in [6.45, 7) is 7.02. The maximum absolute atomic E-state index is 5.79. The van der Waals surface area contributed by atoms with Crippen molar-refractivity contribution in [3.8, 4) is 0 Å². The third kappa shape index (κ3) is 15.2. The number of unbranched alkanes of at least 4 members (excludes halogenated alkanes) is 6. The van der Waals surface area contributed by atoms with Gasteiger partial charge in [0.15, 0.2) is 0 Å². The largest absolute Gasteiger partial charge is 0.395 e. The summed E-state index contributed by atoms with van der Waals surface area (Å²) in [6.07, 6.45) is 8.92. The van der Waals surface area contributed by atoms with Crippen LogP contribution >= 0.6 is 34.8 Å². The Balaban J connectivity index is 3.48. The van der Waals surface area contributed by atoms with Gasteiger partial charge in [-0.1, -0.05) is 80.3 Å². The van der Waals surface area contributed by atoms with Gasteiger partial charge < -0.3 is 8.85 Å². The molecular formula is C13H27Cl3O2Si. The van der Waals surface area contributed by atoms with E-state index in [9.17, 15) is 0 Å². The average molecular weight is 350 g/mol. The van der Waals surface area contributed by atoms with Gasteiger partial charge in [-0.05, 0) is 19.5 Å². The molecule has 0 aliphatic heterocycles. The highest BCUT2D eigenvalue weighted by Gasteiger charge is 2.29. The molecular weight excluding hydrogens is 323 g/mol. The van der Waals surface area contributed by atoms with Crippen molar-refractivity contribution in [1.29, 1.82) is 0 Å². The standard InChI is InChI=1S/C13H27Cl3O2Si/c1-4-5-6-7-8-9-10-11-17-19(2,3)18-12-13(14,15)16/h4-12H2,1-3H3. The minimum atomic E-state index is -2.15. The third-order valence-electron chi connectivity index (χ3n) is 2.78. The van der Waals surface area contributed by atoms with E-state index >= 15 is 0 Å². The first-order valence-electron chi connectivity index (χ1n) is 7.11. The molecule has 0 bridgehead atoms. The van der Waals surface area contributed by atoms with E-state index in [1.807, 2.05) is 13.1 Å². The summed E-state index contributed by atoms with van der Waals surface area (Å²) in [5.74, 6) is 0. The van der Waals surface area contributed by atoms with Crippen LogP contribution in [0.1, 0.15) is 51.9 Å². The molecule has 0 rings (SSSR count). The zero-order chi connectivity index (χ0) is 14.8. The van der Waals surface area contributed by atoms with Crippen molar-refractivity contribution in [1.82, 2.24) is 0 Å². The Kier molecular flexibility index (Phi) is 11.3. The Morgan fingerprint density at radius 2 is 1.37 bits per heavy atom. The van der Waals surface area contributed by atoms with Crippen LogP contribution in [0.2, 0.25) is 13.1 Å². The summed E-state index contributed by atoms with van der Waals surface area (Å²) < 4.78 is 10.0. The predicted octanol–water partition coefficient (Wildman–Crippen LogP) is 5.84. The molecule has 19 heavy (non-hydrogen) atoms. The molecule has 0 heterocycles. The van der Waals surface area contributed by atoms with Crippen molar-refractivity contribution in [2.45, 2.75) is 68.8 Å². The Morgan fingerprint density at radius 1 is 0.842 bits per heavy atom. The van der Waals surface area contributed by atoms with Gasteiger partial charge in [0.25, 0.3) is 0 Å². The van der Waals surface area contributed by atoms with Crippen LogP contribution in [0.5, 0.6) is 0 Å². The topological polar surface area (TPSA) is 18.5 Å². The highest BCUT2D eigenvalue weighted by molar-refractivity contribution is 6.68. The molecule has 0 aliphatic carbocycles.